The third-order valence-corrected chi connectivity index (χ3v) is 5.55. The predicted octanol–water partition coefficient (Wildman–Crippen LogP) is 5.21. The van der Waals surface area contributed by atoms with Crippen molar-refractivity contribution in [1.29, 1.82) is 0 Å². The van der Waals surface area contributed by atoms with E-state index in [-0.39, 0.29) is 5.69 Å². The van der Waals surface area contributed by atoms with Gasteiger partial charge >= 0.3 is 0 Å². The van der Waals surface area contributed by atoms with Crippen LogP contribution < -0.4 is 4.74 Å². The quantitative estimate of drug-likeness (QED) is 0.0764. The Morgan fingerprint density at radius 3 is 1.32 bits per heavy atom. The lowest BCUT2D eigenvalue weighted by Crippen LogP contribution is -2.14. The summed E-state index contributed by atoms with van der Waals surface area (Å²) >= 11 is 0. The normalized spacial score (nSPS) is 11.2. The molecular formula is C28H49NO9. The molecule has 0 saturated carbocycles. The van der Waals surface area contributed by atoms with Crippen molar-refractivity contribution in [3.63, 3.8) is 0 Å². The minimum absolute atomic E-state index is 0.0352. The zero-order valence-electron chi connectivity index (χ0n) is 23.3. The summed E-state index contributed by atoms with van der Waals surface area (Å²) in [7, 11) is 0. The van der Waals surface area contributed by atoms with Gasteiger partial charge in [0.25, 0.3) is 5.69 Å². The molecule has 0 heterocycles. The van der Waals surface area contributed by atoms with E-state index < -0.39 is 4.92 Å². The van der Waals surface area contributed by atoms with E-state index in [1.165, 1.54) is 57.1 Å². The van der Waals surface area contributed by atoms with Gasteiger partial charge in [-0.15, -0.1) is 0 Å². The maximum absolute atomic E-state index is 10.6. The summed E-state index contributed by atoms with van der Waals surface area (Å²) in [5.74, 6) is 0.568. The van der Waals surface area contributed by atoms with E-state index in [2.05, 4.69) is 6.92 Å². The second-order valence-electron chi connectivity index (χ2n) is 8.75. The molecule has 0 aliphatic rings. The molecule has 0 bridgehead atoms. The van der Waals surface area contributed by atoms with Gasteiger partial charge in [-0.1, -0.05) is 51.9 Å². The highest BCUT2D eigenvalue weighted by molar-refractivity contribution is 5.35. The maximum atomic E-state index is 10.6. The Hall–Kier alpha value is -1.82. The predicted molar refractivity (Wildman–Crippen MR) is 146 cm³/mol. The fourth-order valence-electron chi connectivity index (χ4n) is 3.42. The van der Waals surface area contributed by atoms with Crippen molar-refractivity contribution in [1.82, 2.24) is 0 Å². The third-order valence-electron chi connectivity index (χ3n) is 5.55. The number of hydrogen-bond donors (Lipinski definition) is 0. The third kappa shape index (κ3) is 22.2. The number of ether oxygens (including phenoxy) is 7. The zero-order valence-corrected chi connectivity index (χ0v) is 23.3. The number of rotatable bonds is 29. The zero-order chi connectivity index (χ0) is 27.4. The smallest absolute Gasteiger partial charge is 0.269 e. The van der Waals surface area contributed by atoms with Gasteiger partial charge < -0.3 is 33.2 Å². The fraction of sp³-hybridized carbons (Fsp3) is 0.786. The highest BCUT2D eigenvalue weighted by Gasteiger charge is 2.04. The number of hydrogen-bond acceptors (Lipinski definition) is 9. The van der Waals surface area contributed by atoms with Crippen LogP contribution in [0.15, 0.2) is 24.3 Å². The summed E-state index contributed by atoms with van der Waals surface area (Å²) < 4.78 is 38.4. The van der Waals surface area contributed by atoms with Crippen molar-refractivity contribution in [2.45, 2.75) is 58.3 Å². The van der Waals surface area contributed by atoms with E-state index in [9.17, 15) is 10.1 Å². The molecule has 1 aromatic carbocycles. The van der Waals surface area contributed by atoms with Gasteiger partial charge in [-0.2, -0.15) is 0 Å². The van der Waals surface area contributed by atoms with Gasteiger partial charge in [0.1, 0.15) is 12.4 Å². The number of nitro groups is 1. The molecule has 0 amide bonds. The van der Waals surface area contributed by atoms with Gasteiger partial charge in [-0.05, 0) is 18.6 Å². The molecule has 1 aromatic rings. The van der Waals surface area contributed by atoms with Crippen LogP contribution in [-0.2, 0) is 28.4 Å². The molecule has 10 nitrogen and oxygen atoms in total. The van der Waals surface area contributed by atoms with Crippen LogP contribution in [-0.4, -0.2) is 90.8 Å². The molecule has 38 heavy (non-hydrogen) atoms. The lowest BCUT2D eigenvalue weighted by molar-refractivity contribution is -0.384. The summed E-state index contributed by atoms with van der Waals surface area (Å²) in [5.41, 5.74) is 0.0352. The molecule has 0 unspecified atom stereocenters. The molecule has 220 valence electrons. The van der Waals surface area contributed by atoms with Gasteiger partial charge in [0.15, 0.2) is 0 Å². The molecule has 0 atom stereocenters. The standard InChI is InChI=1S/C28H49NO9/c1-2-3-4-5-6-7-8-9-14-32-15-16-33-17-18-34-19-20-35-21-22-36-23-24-37-25-26-38-28-12-10-27(11-13-28)29(30)31/h10-13H,2-9,14-26H2,1H3. The Morgan fingerprint density at radius 1 is 0.526 bits per heavy atom. The highest BCUT2D eigenvalue weighted by atomic mass is 16.6. The van der Waals surface area contributed by atoms with Gasteiger partial charge in [-0.25, -0.2) is 0 Å². The van der Waals surface area contributed by atoms with Crippen LogP contribution >= 0.6 is 0 Å². The van der Waals surface area contributed by atoms with E-state index >= 15 is 0 Å². The van der Waals surface area contributed by atoms with Crippen LogP contribution in [0.1, 0.15) is 58.3 Å². The first-order valence-electron chi connectivity index (χ1n) is 14.1. The Morgan fingerprint density at radius 2 is 0.895 bits per heavy atom. The molecule has 0 saturated heterocycles. The molecule has 0 aromatic heterocycles. The summed E-state index contributed by atoms with van der Waals surface area (Å²) in [4.78, 5) is 10.2. The minimum atomic E-state index is -0.445. The van der Waals surface area contributed by atoms with Gasteiger partial charge in [0.05, 0.1) is 77.6 Å². The van der Waals surface area contributed by atoms with E-state index in [4.69, 9.17) is 33.2 Å². The molecule has 0 N–H and O–H groups in total. The van der Waals surface area contributed by atoms with Crippen LogP contribution in [0.5, 0.6) is 5.75 Å². The van der Waals surface area contributed by atoms with Crippen LogP contribution in [0.25, 0.3) is 0 Å². The largest absolute Gasteiger partial charge is 0.491 e. The van der Waals surface area contributed by atoms with E-state index in [0.29, 0.717) is 85.0 Å². The van der Waals surface area contributed by atoms with Crippen molar-refractivity contribution in [2.24, 2.45) is 0 Å². The Balaban J connectivity index is 1.68. The molecule has 0 spiro atoms. The van der Waals surface area contributed by atoms with Crippen molar-refractivity contribution >= 4 is 5.69 Å². The second kappa shape index (κ2) is 26.8. The first kappa shape index (κ1) is 34.2. The summed E-state index contributed by atoms with van der Waals surface area (Å²) in [5, 5.41) is 10.6. The molecule has 0 aliphatic heterocycles. The van der Waals surface area contributed by atoms with Crippen molar-refractivity contribution in [2.75, 3.05) is 85.9 Å². The Kier molecular flexibility index (Phi) is 24.1. The Bertz CT molecular complexity index is 646. The molecule has 0 aliphatic carbocycles. The summed E-state index contributed by atoms with van der Waals surface area (Å²) in [6.45, 7) is 9.14. The molecule has 10 heteroatoms. The highest BCUT2D eigenvalue weighted by Crippen LogP contribution is 2.17. The number of non-ortho nitro benzene ring substituents is 1. The van der Waals surface area contributed by atoms with Crippen LogP contribution in [0.3, 0.4) is 0 Å². The fourth-order valence-corrected chi connectivity index (χ4v) is 3.42. The first-order chi connectivity index (χ1) is 18.7. The van der Waals surface area contributed by atoms with E-state index in [1.54, 1.807) is 12.1 Å². The van der Waals surface area contributed by atoms with Gasteiger partial charge in [0, 0.05) is 18.7 Å². The Labute approximate surface area is 228 Å². The number of benzene rings is 1. The van der Waals surface area contributed by atoms with Crippen molar-refractivity contribution in [3.8, 4) is 5.75 Å². The van der Waals surface area contributed by atoms with Crippen LogP contribution in [0, 0.1) is 10.1 Å². The average molecular weight is 544 g/mol. The molecule has 0 radical (unpaired) electrons. The summed E-state index contributed by atoms with van der Waals surface area (Å²) in [6, 6.07) is 5.94. The number of nitro benzene ring substituents is 1. The molecule has 0 fully saturated rings. The van der Waals surface area contributed by atoms with E-state index in [0.717, 1.165) is 13.0 Å². The monoisotopic (exact) mass is 543 g/mol. The van der Waals surface area contributed by atoms with E-state index in [1.807, 2.05) is 0 Å². The lowest BCUT2D eigenvalue weighted by Gasteiger charge is -2.09. The average Bonchev–Trinajstić information content (AvgIpc) is 2.93. The van der Waals surface area contributed by atoms with Gasteiger partial charge in [-0.3, -0.25) is 10.1 Å². The number of nitrogens with zero attached hydrogens (tertiary/aromatic N) is 1. The van der Waals surface area contributed by atoms with Crippen molar-refractivity contribution in [3.05, 3.63) is 34.4 Å². The topological polar surface area (TPSA) is 108 Å². The van der Waals surface area contributed by atoms with Crippen molar-refractivity contribution < 1.29 is 38.1 Å². The SMILES string of the molecule is CCCCCCCCCCOCCOCCOCCOCCOCCOCCOc1ccc([N+](=O)[O-])cc1. The molecule has 1 rings (SSSR count). The minimum Gasteiger partial charge on any atom is -0.491 e. The second-order valence-corrected chi connectivity index (χ2v) is 8.75. The number of unbranched alkanes of at least 4 members (excludes halogenated alkanes) is 7. The van der Waals surface area contributed by atoms with Crippen LogP contribution in [0.2, 0.25) is 0 Å². The maximum Gasteiger partial charge on any atom is 0.269 e. The summed E-state index contributed by atoms with van der Waals surface area (Å²) in [6.07, 6.45) is 10.5. The van der Waals surface area contributed by atoms with Gasteiger partial charge in [0.2, 0.25) is 0 Å². The first-order valence-corrected chi connectivity index (χ1v) is 14.1. The lowest BCUT2D eigenvalue weighted by atomic mass is 10.1. The van der Waals surface area contributed by atoms with Crippen LogP contribution in [0.4, 0.5) is 5.69 Å². The molecular weight excluding hydrogens is 494 g/mol.